The quantitative estimate of drug-likeness (QED) is 0.603. The summed E-state index contributed by atoms with van der Waals surface area (Å²) >= 11 is 0. The third kappa shape index (κ3) is 2.68. The number of hydrogen-bond acceptors (Lipinski definition) is 2. The van der Waals surface area contributed by atoms with E-state index in [1.807, 2.05) is 0 Å². The van der Waals surface area contributed by atoms with Crippen molar-refractivity contribution in [2.75, 3.05) is 5.32 Å². The summed E-state index contributed by atoms with van der Waals surface area (Å²) in [5.74, 6) is 3.96. The molecule has 4 unspecified atom stereocenters. The highest BCUT2D eigenvalue weighted by atomic mass is 16.5. The predicted octanol–water partition coefficient (Wildman–Crippen LogP) is 7.35. The summed E-state index contributed by atoms with van der Waals surface area (Å²) in [5.41, 5.74) is 5.75. The van der Waals surface area contributed by atoms with E-state index in [1.165, 1.54) is 54.5 Å². The van der Waals surface area contributed by atoms with E-state index in [0.717, 1.165) is 11.5 Å². The first-order valence-corrected chi connectivity index (χ1v) is 11.2. The van der Waals surface area contributed by atoms with E-state index in [0.29, 0.717) is 23.8 Å². The maximum absolute atomic E-state index is 6.64. The Balaban J connectivity index is 1.67. The molecule has 2 heterocycles. The Morgan fingerprint density at radius 1 is 1.11 bits per heavy atom. The molecule has 2 aromatic rings. The highest BCUT2D eigenvalue weighted by molar-refractivity contribution is 5.70. The second kappa shape index (κ2) is 6.54. The molecule has 0 aromatic heterocycles. The fourth-order valence-electron chi connectivity index (χ4n) is 5.87. The predicted molar refractivity (Wildman–Crippen MR) is 117 cm³/mol. The van der Waals surface area contributed by atoms with Crippen LogP contribution in [0.4, 0.5) is 5.69 Å². The minimum absolute atomic E-state index is 0.164. The van der Waals surface area contributed by atoms with Crippen molar-refractivity contribution in [2.24, 2.45) is 5.92 Å². The smallest absolute Gasteiger partial charge is 0.133 e. The topological polar surface area (TPSA) is 21.3 Å². The number of hydrogen-bond donors (Lipinski definition) is 1. The van der Waals surface area contributed by atoms with Gasteiger partial charge in [-0.3, -0.25) is 0 Å². The molecule has 0 amide bonds. The van der Waals surface area contributed by atoms with E-state index < -0.39 is 0 Å². The Morgan fingerprint density at radius 2 is 1.93 bits per heavy atom. The highest BCUT2D eigenvalue weighted by Crippen LogP contribution is 2.59. The molecule has 2 nitrogen and oxygen atoms in total. The Morgan fingerprint density at radius 3 is 2.75 bits per heavy atom. The molecule has 4 atom stereocenters. The van der Waals surface area contributed by atoms with Crippen molar-refractivity contribution in [3.05, 3.63) is 53.1 Å². The summed E-state index contributed by atoms with van der Waals surface area (Å²) in [6.45, 7) is 9.47. The molecular formula is C26H33NO. The minimum atomic E-state index is 0.164. The van der Waals surface area contributed by atoms with Gasteiger partial charge in [-0.1, -0.05) is 58.7 Å². The molecule has 148 valence electrons. The van der Waals surface area contributed by atoms with E-state index >= 15 is 0 Å². The molecule has 1 aliphatic carbocycles. The molecule has 1 fully saturated rings. The van der Waals surface area contributed by atoms with E-state index in [-0.39, 0.29) is 5.41 Å². The zero-order chi connectivity index (χ0) is 19.5. The van der Waals surface area contributed by atoms with Gasteiger partial charge < -0.3 is 10.1 Å². The number of nitrogens with one attached hydrogen (secondary N) is 1. The van der Waals surface area contributed by atoms with Crippen LogP contribution in [0.2, 0.25) is 0 Å². The van der Waals surface area contributed by atoms with Crippen molar-refractivity contribution < 1.29 is 4.74 Å². The lowest BCUT2D eigenvalue weighted by atomic mass is 9.67. The molecule has 3 aliphatic rings. The maximum Gasteiger partial charge on any atom is 0.133 e. The average Bonchev–Trinajstić information content (AvgIpc) is 3.01. The number of fused-ring (bicyclic) bond motifs is 2. The zero-order valence-corrected chi connectivity index (χ0v) is 17.7. The van der Waals surface area contributed by atoms with Gasteiger partial charge in [-0.05, 0) is 65.8 Å². The van der Waals surface area contributed by atoms with Crippen molar-refractivity contribution >= 4 is 5.69 Å². The van der Waals surface area contributed by atoms with Crippen LogP contribution in [0.15, 0.2) is 36.4 Å². The third-order valence-corrected chi connectivity index (χ3v) is 7.64. The standard InChI is InChI=1S/C26H33NO/c1-5-6-13-26(3,4)17-14-20-24-22(15-17)28-21-10-8-7-9-18(21)19-12-11-16(2)25(27-20)23(19)24/h7-10,14-16,19,23,25,27H,5-6,11-13H2,1-4H3. The fourth-order valence-corrected chi connectivity index (χ4v) is 5.87. The van der Waals surface area contributed by atoms with E-state index in [9.17, 15) is 0 Å². The van der Waals surface area contributed by atoms with Crippen LogP contribution in [0, 0.1) is 5.92 Å². The monoisotopic (exact) mass is 375 g/mol. The summed E-state index contributed by atoms with van der Waals surface area (Å²) in [5, 5.41) is 3.94. The number of rotatable bonds is 4. The van der Waals surface area contributed by atoms with Gasteiger partial charge in [0.15, 0.2) is 0 Å². The second-order valence-electron chi connectivity index (χ2n) is 9.92. The van der Waals surface area contributed by atoms with Crippen LogP contribution in [-0.4, -0.2) is 6.04 Å². The summed E-state index contributed by atoms with van der Waals surface area (Å²) < 4.78 is 6.64. The molecule has 2 aliphatic heterocycles. The van der Waals surface area contributed by atoms with Crippen LogP contribution >= 0.6 is 0 Å². The van der Waals surface area contributed by atoms with Crippen LogP contribution in [-0.2, 0) is 5.41 Å². The minimum Gasteiger partial charge on any atom is -0.457 e. The van der Waals surface area contributed by atoms with Gasteiger partial charge in [-0.25, -0.2) is 0 Å². The zero-order valence-electron chi connectivity index (χ0n) is 17.7. The number of unbranched alkanes of at least 4 members (excludes halogenated alkanes) is 1. The molecule has 0 radical (unpaired) electrons. The van der Waals surface area contributed by atoms with Gasteiger partial charge >= 0.3 is 0 Å². The van der Waals surface area contributed by atoms with E-state index in [4.69, 9.17) is 4.74 Å². The lowest BCUT2D eigenvalue weighted by Crippen LogP contribution is -2.36. The highest BCUT2D eigenvalue weighted by Gasteiger charge is 2.48. The lowest BCUT2D eigenvalue weighted by Gasteiger charge is -2.37. The molecule has 1 saturated carbocycles. The van der Waals surface area contributed by atoms with Crippen LogP contribution < -0.4 is 10.1 Å². The first-order valence-electron chi connectivity index (χ1n) is 11.2. The molecule has 28 heavy (non-hydrogen) atoms. The second-order valence-corrected chi connectivity index (χ2v) is 9.92. The Kier molecular flexibility index (Phi) is 4.23. The summed E-state index contributed by atoms with van der Waals surface area (Å²) in [6.07, 6.45) is 6.26. The van der Waals surface area contributed by atoms with Gasteiger partial charge in [0.05, 0.1) is 0 Å². The molecule has 0 saturated heterocycles. The van der Waals surface area contributed by atoms with E-state index in [2.05, 4.69) is 69.4 Å². The van der Waals surface area contributed by atoms with Gasteiger partial charge in [0.2, 0.25) is 0 Å². The average molecular weight is 376 g/mol. The van der Waals surface area contributed by atoms with Crippen LogP contribution in [0.25, 0.3) is 0 Å². The molecule has 1 N–H and O–H groups in total. The van der Waals surface area contributed by atoms with Crippen molar-refractivity contribution in [1.82, 2.24) is 0 Å². The lowest BCUT2D eigenvalue weighted by molar-refractivity contribution is 0.288. The van der Waals surface area contributed by atoms with Gasteiger partial charge in [0, 0.05) is 23.2 Å². The van der Waals surface area contributed by atoms with Gasteiger partial charge in [0.25, 0.3) is 0 Å². The van der Waals surface area contributed by atoms with E-state index in [1.54, 1.807) is 0 Å². The Labute approximate surface area is 169 Å². The summed E-state index contributed by atoms with van der Waals surface area (Å²) in [6, 6.07) is 14.1. The SMILES string of the molecule is CCCCC(C)(C)c1cc2c3c(c1)Oc1ccccc1C1CCC(C)C(N2)C31. The molecule has 2 heteroatoms. The van der Waals surface area contributed by atoms with Crippen molar-refractivity contribution in [3.63, 3.8) is 0 Å². The summed E-state index contributed by atoms with van der Waals surface area (Å²) in [4.78, 5) is 0. The van der Waals surface area contributed by atoms with Gasteiger partial charge in [-0.15, -0.1) is 0 Å². The van der Waals surface area contributed by atoms with Crippen molar-refractivity contribution in [3.8, 4) is 11.5 Å². The fraction of sp³-hybridized carbons (Fsp3) is 0.538. The van der Waals surface area contributed by atoms with Gasteiger partial charge in [0.1, 0.15) is 11.5 Å². The van der Waals surface area contributed by atoms with Gasteiger partial charge in [-0.2, -0.15) is 0 Å². The third-order valence-electron chi connectivity index (χ3n) is 7.64. The van der Waals surface area contributed by atoms with Crippen LogP contribution in [0.1, 0.15) is 88.3 Å². The maximum atomic E-state index is 6.64. The van der Waals surface area contributed by atoms with Crippen LogP contribution in [0.3, 0.4) is 0 Å². The number of benzene rings is 2. The first kappa shape index (κ1) is 18.1. The molecular weight excluding hydrogens is 342 g/mol. The number of para-hydroxylation sites is 1. The molecule has 0 spiro atoms. The molecule has 2 aromatic carbocycles. The Bertz CT molecular complexity index is 899. The first-order chi connectivity index (χ1) is 13.5. The molecule has 5 rings (SSSR count). The number of anilines is 1. The van der Waals surface area contributed by atoms with Crippen molar-refractivity contribution in [1.29, 1.82) is 0 Å². The van der Waals surface area contributed by atoms with Crippen LogP contribution in [0.5, 0.6) is 11.5 Å². The largest absolute Gasteiger partial charge is 0.457 e. The molecule has 0 bridgehead atoms. The Hall–Kier alpha value is -1.96. The number of ether oxygens (including phenoxy) is 1. The van der Waals surface area contributed by atoms with Crippen molar-refractivity contribution in [2.45, 2.75) is 83.1 Å². The summed E-state index contributed by atoms with van der Waals surface area (Å²) in [7, 11) is 0. The normalized spacial score (nSPS) is 27.3.